The molecule has 0 aromatic heterocycles. The van der Waals surface area contributed by atoms with Crippen molar-refractivity contribution in [2.24, 2.45) is 0 Å². The first-order valence-corrected chi connectivity index (χ1v) is 6.66. The van der Waals surface area contributed by atoms with Crippen molar-refractivity contribution in [3.8, 4) is 0 Å². The summed E-state index contributed by atoms with van der Waals surface area (Å²) < 4.78 is 7.89. The summed E-state index contributed by atoms with van der Waals surface area (Å²) in [6.45, 7) is 3.62. The second-order valence-corrected chi connectivity index (χ2v) is 4.90. The number of hydrogen-bond donors (Lipinski definition) is 3. The summed E-state index contributed by atoms with van der Waals surface area (Å²) in [5.74, 6) is 0. The van der Waals surface area contributed by atoms with Crippen LogP contribution in [0.2, 0.25) is 0 Å². The van der Waals surface area contributed by atoms with Gasteiger partial charge in [0.15, 0.2) is 0 Å². The number of aliphatic hydroxyl groups excluding tert-OH is 1. The Balaban J connectivity index is 4.02. The van der Waals surface area contributed by atoms with Crippen molar-refractivity contribution in [3.63, 3.8) is 0 Å². The Morgan fingerprint density at radius 3 is 1.90 bits per heavy atom. The van der Waals surface area contributed by atoms with Gasteiger partial charge < -0.3 is 0 Å². The van der Waals surface area contributed by atoms with Crippen LogP contribution in [-0.4, -0.2) is 24.4 Å². The normalized spacial score (nSPS) is 14.5. The Morgan fingerprint density at radius 1 is 1.40 bits per heavy atom. The molecular weight excluding hydrogens is 185 g/mol. The van der Waals surface area contributed by atoms with E-state index in [-0.39, 0.29) is 0 Å². The Labute approximate surface area is 69.1 Å². The van der Waals surface area contributed by atoms with Crippen molar-refractivity contribution in [2.75, 3.05) is 0 Å². The van der Waals surface area contributed by atoms with Gasteiger partial charge in [0.2, 0.25) is 0 Å². The van der Waals surface area contributed by atoms with Crippen molar-refractivity contribution < 1.29 is 31.6 Å². The van der Waals surface area contributed by atoms with E-state index in [0.717, 1.165) is 0 Å². The quantitative estimate of drug-likeness (QED) is 0.552. The van der Waals surface area contributed by atoms with E-state index in [4.69, 9.17) is 9.04 Å². The van der Waals surface area contributed by atoms with E-state index < -0.39 is 27.8 Å². The summed E-state index contributed by atoms with van der Waals surface area (Å²) in [6.07, 6.45) is 1.02. The summed E-state index contributed by atoms with van der Waals surface area (Å²) in [5, 5.41) is 18.7. The molecule has 0 amide bonds. The van der Waals surface area contributed by atoms with Crippen molar-refractivity contribution >= 4 is 0 Å². The maximum absolute atomic E-state index is 9.53. The predicted molar refractivity (Wildman–Crippen MR) is 33.8 cm³/mol. The molecule has 0 fully saturated rings. The van der Waals surface area contributed by atoms with Crippen LogP contribution in [0.5, 0.6) is 0 Å². The Bertz CT molecular complexity index is 93.0. The molecule has 0 spiro atoms. The number of hydrogen-bond acceptors (Lipinski definition) is 3. The van der Waals surface area contributed by atoms with Crippen LogP contribution in [0, 0.1) is 0 Å². The summed E-state index contributed by atoms with van der Waals surface area (Å²) in [4.78, 5) is 0. The molecule has 4 heteroatoms. The molecule has 0 aliphatic rings. The van der Waals surface area contributed by atoms with E-state index in [1.807, 2.05) is 13.8 Å². The van der Waals surface area contributed by atoms with Gasteiger partial charge in [-0.3, -0.25) is 0 Å². The Kier molecular flexibility index (Phi) is 4.62. The topological polar surface area (TPSA) is 60.7 Å². The van der Waals surface area contributed by atoms with E-state index in [0.29, 0.717) is 12.8 Å². The Morgan fingerprint density at radius 2 is 1.80 bits per heavy atom. The molecule has 0 heterocycles. The third-order valence-electron chi connectivity index (χ3n) is 2.02. The van der Waals surface area contributed by atoms with Gasteiger partial charge in [-0.1, -0.05) is 0 Å². The van der Waals surface area contributed by atoms with Gasteiger partial charge in [-0.2, -0.15) is 0 Å². The third kappa shape index (κ3) is 2.28. The van der Waals surface area contributed by atoms with Gasteiger partial charge >= 0.3 is 68.6 Å². The van der Waals surface area contributed by atoms with Crippen molar-refractivity contribution in [2.45, 2.75) is 37.0 Å². The van der Waals surface area contributed by atoms with Crippen LogP contribution in [-0.2, 0) is 17.5 Å². The first kappa shape index (κ1) is 10.5. The fourth-order valence-corrected chi connectivity index (χ4v) is 2.82. The predicted octanol–water partition coefficient (Wildman–Crippen LogP) is -0.154. The molecule has 10 heavy (non-hydrogen) atoms. The molecule has 0 saturated heterocycles. The van der Waals surface area contributed by atoms with Crippen LogP contribution < -0.4 is 0 Å². The SMILES string of the molecule is CCC(O)(CC)[CH](O)[Zn][OH]. The maximum atomic E-state index is 9.53. The molecular formula is C6H14O3Zn. The van der Waals surface area contributed by atoms with Crippen LogP contribution in [0.3, 0.4) is 0 Å². The minimum atomic E-state index is -1.87. The molecule has 0 saturated carbocycles. The number of aliphatic hydroxyl groups is 2. The number of rotatable bonds is 4. The fourth-order valence-electron chi connectivity index (χ4n) is 0.891. The average molecular weight is 200 g/mol. The van der Waals surface area contributed by atoms with Gasteiger partial charge in [0.25, 0.3) is 0 Å². The monoisotopic (exact) mass is 198 g/mol. The minimum absolute atomic E-state index is 0.510. The molecule has 0 aliphatic carbocycles. The third-order valence-corrected chi connectivity index (χ3v) is 4.34. The van der Waals surface area contributed by atoms with E-state index in [9.17, 15) is 5.11 Å². The van der Waals surface area contributed by atoms with Gasteiger partial charge in [-0.25, -0.2) is 0 Å². The first-order valence-electron chi connectivity index (χ1n) is 3.62. The summed E-state index contributed by atoms with van der Waals surface area (Å²) in [6, 6.07) is 0. The van der Waals surface area contributed by atoms with Crippen LogP contribution in [0.15, 0.2) is 0 Å². The fraction of sp³-hybridized carbons (Fsp3) is 1.00. The van der Waals surface area contributed by atoms with Gasteiger partial charge in [-0.05, 0) is 0 Å². The van der Waals surface area contributed by atoms with Crippen molar-refractivity contribution in [1.29, 1.82) is 0 Å². The van der Waals surface area contributed by atoms with E-state index in [1.54, 1.807) is 0 Å². The van der Waals surface area contributed by atoms with Gasteiger partial charge in [0, 0.05) is 0 Å². The first-order chi connectivity index (χ1) is 4.60. The van der Waals surface area contributed by atoms with Crippen LogP contribution >= 0.6 is 0 Å². The molecule has 1 unspecified atom stereocenters. The summed E-state index contributed by atoms with van der Waals surface area (Å²) in [5.41, 5.74) is -1.02. The summed E-state index contributed by atoms with van der Waals surface area (Å²) >= 11 is -1.87. The van der Waals surface area contributed by atoms with Gasteiger partial charge in [0.1, 0.15) is 0 Å². The second-order valence-electron chi connectivity index (χ2n) is 2.51. The van der Waals surface area contributed by atoms with E-state index in [2.05, 4.69) is 0 Å². The van der Waals surface area contributed by atoms with Crippen LogP contribution in [0.4, 0.5) is 0 Å². The van der Waals surface area contributed by atoms with Crippen LogP contribution in [0.25, 0.3) is 0 Å². The molecule has 0 aromatic rings. The zero-order chi connectivity index (χ0) is 8.20. The average Bonchev–Trinajstić information content (AvgIpc) is 2.01. The standard InChI is InChI=1S/C6H13O2.H2O.Zn/c1-3-6(8,4-2)5-7;;/h5,7-8H,3-4H2,1-2H3;1H2;/q;;+1/p-1. The molecule has 0 aliphatic heterocycles. The Hall–Kier alpha value is 0.503. The van der Waals surface area contributed by atoms with E-state index >= 15 is 0 Å². The molecule has 0 rings (SSSR count). The molecule has 1 atom stereocenters. The molecule has 0 radical (unpaired) electrons. The summed E-state index contributed by atoms with van der Waals surface area (Å²) in [7, 11) is 0. The molecule has 0 aromatic carbocycles. The molecule has 3 N–H and O–H groups in total. The van der Waals surface area contributed by atoms with Gasteiger partial charge in [0.05, 0.1) is 0 Å². The van der Waals surface area contributed by atoms with Crippen molar-refractivity contribution in [3.05, 3.63) is 0 Å². The zero-order valence-corrected chi connectivity index (χ0v) is 9.51. The van der Waals surface area contributed by atoms with Crippen molar-refractivity contribution in [1.82, 2.24) is 0 Å². The molecule has 0 bridgehead atoms. The molecule has 58 valence electrons. The van der Waals surface area contributed by atoms with Gasteiger partial charge in [-0.15, -0.1) is 0 Å². The zero-order valence-electron chi connectivity index (χ0n) is 6.54. The van der Waals surface area contributed by atoms with Crippen LogP contribution in [0.1, 0.15) is 26.7 Å². The second kappa shape index (κ2) is 4.40. The molecule has 3 nitrogen and oxygen atoms in total. The van der Waals surface area contributed by atoms with E-state index in [1.165, 1.54) is 0 Å².